The van der Waals surface area contributed by atoms with Crippen LogP contribution in [0.5, 0.6) is 0 Å². The van der Waals surface area contributed by atoms with E-state index in [0.717, 1.165) is 22.3 Å². The monoisotopic (exact) mass is 437 g/mol. The van der Waals surface area contributed by atoms with E-state index in [1.165, 1.54) is 0 Å². The number of ketones is 1. The van der Waals surface area contributed by atoms with Gasteiger partial charge >= 0.3 is 12.1 Å². The third-order valence-corrected chi connectivity index (χ3v) is 6.50. The van der Waals surface area contributed by atoms with Crippen LogP contribution in [0.2, 0.25) is 0 Å². The molecule has 0 unspecified atom stereocenters. The Hall–Kier alpha value is -2.74. The molecule has 3 aliphatic heterocycles. The first-order chi connectivity index (χ1) is 15.4. The van der Waals surface area contributed by atoms with Crippen molar-refractivity contribution < 1.29 is 28.5 Å². The number of hydrogen-bond donors (Lipinski definition) is 1. The van der Waals surface area contributed by atoms with E-state index in [-0.39, 0.29) is 30.1 Å². The fourth-order valence-electron chi connectivity index (χ4n) is 4.65. The standard InChI is InChI=1S/C25H27NO6/c1-3-21(27)22(25-30-13-24(2,14-31-25)15-32-25)26-23(28)29-12-20-18-10-6-4-8-16(18)17-9-5-7-11-19(17)20/h4-11,20,22H,3,12-15H2,1-2H3,(H,26,28)/t22-,24?,25?/m0/s1. The quantitative estimate of drug-likeness (QED) is 0.743. The fourth-order valence-corrected chi connectivity index (χ4v) is 4.65. The lowest BCUT2D eigenvalue weighted by atomic mass is 9.90. The molecule has 1 aliphatic carbocycles. The normalized spacial score (nSPS) is 26.8. The van der Waals surface area contributed by atoms with Crippen LogP contribution in [0, 0.1) is 5.41 Å². The van der Waals surface area contributed by atoms with Crippen molar-refractivity contribution >= 4 is 11.9 Å². The summed E-state index contributed by atoms with van der Waals surface area (Å²) in [5.41, 5.74) is 4.30. The molecule has 2 bridgehead atoms. The van der Waals surface area contributed by atoms with Gasteiger partial charge in [0, 0.05) is 17.8 Å². The molecule has 2 aromatic rings. The lowest BCUT2D eigenvalue weighted by molar-refractivity contribution is -0.469. The largest absolute Gasteiger partial charge is 0.449 e. The van der Waals surface area contributed by atoms with Crippen LogP contribution in [0.1, 0.15) is 37.3 Å². The zero-order chi connectivity index (χ0) is 22.3. The van der Waals surface area contributed by atoms with Crippen molar-refractivity contribution in [1.29, 1.82) is 0 Å². The number of Topliss-reactive ketones (excluding diaryl/α,β-unsaturated/α-hetero) is 1. The molecule has 1 atom stereocenters. The minimum Gasteiger partial charge on any atom is -0.449 e. The highest BCUT2D eigenvalue weighted by atomic mass is 16.9. The van der Waals surface area contributed by atoms with E-state index in [4.69, 9.17) is 18.9 Å². The van der Waals surface area contributed by atoms with Crippen LogP contribution in [-0.4, -0.2) is 50.3 Å². The number of benzene rings is 2. The van der Waals surface area contributed by atoms with E-state index in [1.54, 1.807) is 6.92 Å². The predicted molar refractivity (Wildman–Crippen MR) is 116 cm³/mol. The second-order valence-electron chi connectivity index (χ2n) is 9.00. The van der Waals surface area contributed by atoms with E-state index in [2.05, 4.69) is 29.6 Å². The van der Waals surface area contributed by atoms with Crippen LogP contribution >= 0.6 is 0 Å². The van der Waals surface area contributed by atoms with E-state index >= 15 is 0 Å². The highest BCUT2D eigenvalue weighted by Gasteiger charge is 2.57. The molecule has 3 saturated heterocycles. The summed E-state index contributed by atoms with van der Waals surface area (Å²) in [5.74, 6) is -1.92. The third-order valence-electron chi connectivity index (χ3n) is 6.50. The average molecular weight is 437 g/mol. The molecule has 0 aromatic heterocycles. The Morgan fingerprint density at radius 2 is 1.53 bits per heavy atom. The molecular weight excluding hydrogens is 410 g/mol. The molecule has 6 rings (SSSR count). The van der Waals surface area contributed by atoms with E-state index in [9.17, 15) is 9.59 Å². The first kappa shape index (κ1) is 21.1. The maximum absolute atomic E-state index is 12.8. The number of ether oxygens (including phenoxy) is 4. The lowest BCUT2D eigenvalue weighted by Crippen LogP contribution is -2.69. The van der Waals surface area contributed by atoms with Gasteiger partial charge in [0.05, 0.1) is 19.8 Å². The minimum atomic E-state index is -1.60. The molecule has 7 heteroatoms. The smallest absolute Gasteiger partial charge is 0.408 e. The predicted octanol–water partition coefficient (Wildman–Crippen LogP) is 3.61. The summed E-state index contributed by atoms with van der Waals surface area (Å²) < 4.78 is 23.0. The maximum Gasteiger partial charge on any atom is 0.408 e. The first-order valence-corrected chi connectivity index (χ1v) is 11.0. The van der Waals surface area contributed by atoms with Crippen LogP contribution in [-0.2, 0) is 23.7 Å². The van der Waals surface area contributed by atoms with Crippen molar-refractivity contribution in [2.45, 2.75) is 38.2 Å². The van der Waals surface area contributed by atoms with Crippen LogP contribution < -0.4 is 5.32 Å². The van der Waals surface area contributed by atoms with Crippen LogP contribution in [0.3, 0.4) is 0 Å². The summed E-state index contributed by atoms with van der Waals surface area (Å²) in [6.07, 6.45) is -0.508. The SMILES string of the molecule is CCC(=O)[C@H](NC(=O)OCC1c2ccccc2-c2ccccc21)C12OCC(C)(CO1)CO2. The molecule has 1 amide bonds. The molecule has 2 aromatic carbocycles. The summed E-state index contributed by atoms with van der Waals surface area (Å²) in [7, 11) is 0. The summed E-state index contributed by atoms with van der Waals surface area (Å²) in [4.78, 5) is 25.5. The molecule has 168 valence electrons. The summed E-state index contributed by atoms with van der Waals surface area (Å²) in [6, 6.07) is 15.1. The van der Waals surface area contributed by atoms with Crippen LogP contribution in [0.15, 0.2) is 48.5 Å². The van der Waals surface area contributed by atoms with Gasteiger partial charge in [-0.25, -0.2) is 4.79 Å². The number of rotatable bonds is 6. The highest BCUT2D eigenvalue weighted by Crippen LogP contribution is 2.44. The molecule has 32 heavy (non-hydrogen) atoms. The fraction of sp³-hybridized carbons (Fsp3) is 0.440. The van der Waals surface area contributed by atoms with Gasteiger partial charge in [0.25, 0.3) is 0 Å². The topological polar surface area (TPSA) is 83.1 Å². The number of fused-ring (bicyclic) bond motifs is 6. The Morgan fingerprint density at radius 1 is 1.00 bits per heavy atom. The third kappa shape index (κ3) is 3.50. The Bertz CT molecular complexity index is 980. The van der Waals surface area contributed by atoms with Gasteiger partial charge < -0.3 is 24.3 Å². The Labute approximate surface area is 187 Å². The number of carbonyl (C=O) groups excluding carboxylic acids is 2. The van der Waals surface area contributed by atoms with Crippen LogP contribution in [0.25, 0.3) is 11.1 Å². The molecule has 0 radical (unpaired) electrons. The first-order valence-electron chi connectivity index (χ1n) is 11.0. The van der Waals surface area contributed by atoms with E-state index in [1.807, 2.05) is 31.2 Å². The Kier molecular flexibility index (Phi) is 5.28. The van der Waals surface area contributed by atoms with Crippen molar-refractivity contribution in [2.75, 3.05) is 26.4 Å². The number of amides is 1. The summed E-state index contributed by atoms with van der Waals surface area (Å²) in [6.45, 7) is 5.06. The van der Waals surface area contributed by atoms with Crippen molar-refractivity contribution in [2.24, 2.45) is 5.41 Å². The zero-order valence-electron chi connectivity index (χ0n) is 18.3. The number of hydrogen-bond acceptors (Lipinski definition) is 6. The van der Waals surface area contributed by atoms with Gasteiger partial charge in [-0.2, -0.15) is 0 Å². The molecular formula is C25H27NO6. The Balaban J connectivity index is 1.30. The van der Waals surface area contributed by atoms with Gasteiger partial charge in [-0.1, -0.05) is 62.4 Å². The van der Waals surface area contributed by atoms with E-state index < -0.39 is 18.1 Å². The van der Waals surface area contributed by atoms with Crippen LogP contribution in [0.4, 0.5) is 4.79 Å². The molecule has 0 saturated carbocycles. The van der Waals surface area contributed by atoms with Gasteiger partial charge in [0.1, 0.15) is 6.61 Å². The lowest BCUT2D eigenvalue weighted by Gasteiger charge is -2.52. The molecule has 0 spiro atoms. The van der Waals surface area contributed by atoms with E-state index in [0.29, 0.717) is 19.8 Å². The second kappa shape index (κ2) is 7.99. The molecule has 3 fully saturated rings. The van der Waals surface area contributed by atoms with Gasteiger partial charge in [0.2, 0.25) is 0 Å². The molecule has 3 heterocycles. The highest BCUT2D eigenvalue weighted by molar-refractivity contribution is 5.88. The van der Waals surface area contributed by atoms with Crippen molar-refractivity contribution in [3.63, 3.8) is 0 Å². The molecule has 4 aliphatic rings. The summed E-state index contributed by atoms with van der Waals surface area (Å²) >= 11 is 0. The molecule has 1 N–H and O–H groups in total. The number of alkyl carbamates (subject to hydrolysis) is 1. The number of carbonyl (C=O) groups is 2. The van der Waals surface area contributed by atoms with Gasteiger partial charge in [-0.3, -0.25) is 4.79 Å². The minimum absolute atomic E-state index is 0.0690. The Morgan fingerprint density at radius 3 is 2.06 bits per heavy atom. The van der Waals surface area contributed by atoms with Gasteiger partial charge in [-0.05, 0) is 22.3 Å². The molecule has 7 nitrogen and oxygen atoms in total. The van der Waals surface area contributed by atoms with Crippen molar-refractivity contribution in [3.8, 4) is 11.1 Å². The second-order valence-corrected chi connectivity index (χ2v) is 9.00. The zero-order valence-corrected chi connectivity index (χ0v) is 18.3. The van der Waals surface area contributed by atoms with Crippen molar-refractivity contribution in [3.05, 3.63) is 59.7 Å². The average Bonchev–Trinajstić information content (AvgIpc) is 3.15. The van der Waals surface area contributed by atoms with Crippen molar-refractivity contribution in [1.82, 2.24) is 5.32 Å². The van der Waals surface area contributed by atoms with Gasteiger partial charge in [0.15, 0.2) is 11.8 Å². The maximum atomic E-state index is 12.8. The van der Waals surface area contributed by atoms with Gasteiger partial charge in [-0.15, -0.1) is 0 Å². The summed E-state index contributed by atoms with van der Waals surface area (Å²) in [5, 5.41) is 2.65. The number of nitrogens with one attached hydrogen (secondary N) is 1.